The van der Waals surface area contributed by atoms with Crippen molar-refractivity contribution in [3.05, 3.63) is 59.5 Å². The van der Waals surface area contributed by atoms with E-state index in [4.69, 9.17) is 13.9 Å². The van der Waals surface area contributed by atoms with Crippen molar-refractivity contribution in [3.63, 3.8) is 0 Å². The molecule has 226 valence electrons. The highest BCUT2D eigenvalue weighted by molar-refractivity contribution is 6.21. The molecule has 8 atom stereocenters. The maximum Gasteiger partial charge on any atom is 0.261 e. The van der Waals surface area contributed by atoms with E-state index in [2.05, 4.69) is 19.9 Å². The van der Waals surface area contributed by atoms with Gasteiger partial charge >= 0.3 is 0 Å². The smallest absolute Gasteiger partial charge is 0.261 e. The van der Waals surface area contributed by atoms with Crippen LogP contribution in [0.25, 0.3) is 0 Å². The number of carbonyl (C=O) groups excluding carboxylic acids is 2. The first kappa shape index (κ1) is 28.3. The van der Waals surface area contributed by atoms with Gasteiger partial charge in [0.25, 0.3) is 11.8 Å². The van der Waals surface area contributed by atoms with Gasteiger partial charge in [0, 0.05) is 11.0 Å². The second-order valence-electron chi connectivity index (χ2n) is 14.1. The molecular weight excluding hydrogens is 530 g/mol. The van der Waals surface area contributed by atoms with Gasteiger partial charge in [0.2, 0.25) is 0 Å². The Labute approximate surface area is 248 Å². The number of furan rings is 1. The van der Waals surface area contributed by atoms with Gasteiger partial charge < -0.3 is 19.0 Å². The molecule has 2 aromatic rings. The third-order valence-electron chi connectivity index (χ3n) is 12.7. The average Bonchev–Trinajstić information content (AvgIpc) is 3.70. The Kier molecular flexibility index (Phi) is 7.14. The molecule has 4 saturated carbocycles. The summed E-state index contributed by atoms with van der Waals surface area (Å²) in [7, 11) is 0. The van der Waals surface area contributed by atoms with E-state index >= 15 is 0 Å². The molecular formula is C35H45NO6. The number of hydrogen-bond acceptors (Lipinski definition) is 6. The highest BCUT2D eigenvalue weighted by atomic mass is 16.5. The van der Waals surface area contributed by atoms with E-state index in [-0.39, 0.29) is 36.5 Å². The summed E-state index contributed by atoms with van der Waals surface area (Å²) in [5.41, 5.74) is 1.85. The van der Waals surface area contributed by atoms with Gasteiger partial charge in [-0.05, 0) is 105 Å². The van der Waals surface area contributed by atoms with Gasteiger partial charge in [0.05, 0.1) is 56.1 Å². The summed E-state index contributed by atoms with van der Waals surface area (Å²) in [6.45, 7) is 6.12. The molecule has 0 saturated heterocycles. The number of nitrogens with zero attached hydrogens (tertiary/aromatic N) is 1. The fraction of sp³-hybridized carbons (Fsp3) is 0.657. The minimum Gasteiger partial charge on any atom is -0.472 e. The van der Waals surface area contributed by atoms with Crippen LogP contribution >= 0.6 is 0 Å². The van der Waals surface area contributed by atoms with E-state index in [0.717, 1.165) is 37.7 Å². The molecule has 0 radical (unpaired) electrons. The molecule has 7 rings (SSSR count). The quantitative estimate of drug-likeness (QED) is 0.377. The molecule has 1 aliphatic heterocycles. The number of rotatable bonds is 8. The van der Waals surface area contributed by atoms with Gasteiger partial charge in [-0.1, -0.05) is 26.0 Å². The molecule has 1 N–H and O–H groups in total. The molecule has 2 heterocycles. The number of aliphatic hydroxyl groups excluding tert-OH is 1. The van der Waals surface area contributed by atoms with Crippen molar-refractivity contribution in [2.24, 2.45) is 34.5 Å². The highest BCUT2D eigenvalue weighted by Gasteiger charge is 2.66. The van der Waals surface area contributed by atoms with Crippen LogP contribution in [0.4, 0.5) is 0 Å². The minimum absolute atomic E-state index is 0.0509. The van der Waals surface area contributed by atoms with Crippen LogP contribution in [0.2, 0.25) is 0 Å². The van der Waals surface area contributed by atoms with E-state index in [1.807, 2.05) is 6.26 Å². The van der Waals surface area contributed by atoms with Crippen LogP contribution in [0.3, 0.4) is 0 Å². The second-order valence-corrected chi connectivity index (χ2v) is 14.1. The maximum atomic E-state index is 13.0. The molecule has 0 unspecified atom stereocenters. The van der Waals surface area contributed by atoms with Crippen LogP contribution in [0.1, 0.15) is 97.9 Å². The number of amides is 2. The van der Waals surface area contributed by atoms with Crippen molar-refractivity contribution in [1.82, 2.24) is 4.90 Å². The first-order valence-corrected chi connectivity index (χ1v) is 16.2. The zero-order valence-corrected chi connectivity index (χ0v) is 25.1. The predicted molar refractivity (Wildman–Crippen MR) is 157 cm³/mol. The van der Waals surface area contributed by atoms with Crippen LogP contribution in [-0.4, -0.2) is 54.3 Å². The first-order valence-electron chi connectivity index (χ1n) is 16.2. The van der Waals surface area contributed by atoms with Gasteiger partial charge in [0.1, 0.15) is 5.60 Å². The number of carbonyl (C=O) groups is 2. The van der Waals surface area contributed by atoms with Crippen LogP contribution in [0.15, 0.2) is 47.3 Å². The Morgan fingerprint density at radius 3 is 2.40 bits per heavy atom. The van der Waals surface area contributed by atoms with Crippen LogP contribution in [-0.2, 0) is 15.1 Å². The Bertz CT molecular complexity index is 1290. The van der Waals surface area contributed by atoms with E-state index < -0.39 is 5.60 Å². The van der Waals surface area contributed by atoms with Crippen molar-refractivity contribution in [2.75, 3.05) is 26.4 Å². The Morgan fingerprint density at radius 2 is 1.69 bits per heavy atom. The van der Waals surface area contributed by atoms with E-state index in [1.54, 1.807) is 30.5 Å². The summed E-state index contributed by atoms with van der Waals surface area (Å²) < 4.78 is 18.6. The fourth-order valence-corrected chi connectivity index (χ4v) is 10.6. The third-order valence-corrected chi connectivity index (χ3v) is 12.7. The summed E-state index contributed by atoms with van der Waals surface area (Å²) in [5, 5.41) is 9.25. The van der Waals surface area contributed by atoms with E-state index in [9.17, 15) is 14.7 Å². The van der Waals surface area contributed by atoms with Crippen molar-refractivity contribution >= 4 is 11.8 Å². The number of aliphatic hydroxyl groups is 1. The SMILES string of the molecule is C[C@]12CC[C@H](OCCO)C[C@H]1CC[C@@H]1[C@@H]2CC[C@@]2(C)[C@H]1CC[C@@]2(OCCN1C(=O)c2ccccc2C1=O)c1ccoc1. The highest BCUT2D eigenvalue weighted by Crippen LogP contribution is 2.71. The van der Waals surface area contributed by atoms with Gasteiger partial charge in [-0.15, -0.1) is 0 Å². The Morgan fingerprint density at radius 1 is 0.929 bits per heavy atom. The number of benzene rings is 1. The summed E-state index contributed by atoms with van der Waals surface area (Å²) in [6.07, 6.45) is 14.2. The molecule has 5 aliphatic rings. The summed E-state index contributed by atoms with van der Waals surface area (Å²) in [4.78, 5) is 27.4. The standard InChI is InChI=1S/C35H45NO6/c1-33-13-9-25(41-20-17-37)21-23(33)7-8-28-29(33)10-14-34(2)30(28)11-15-35(34,24-12-18-40-22-24)42-19-16-36-31(38)26-5-3-4-6-27(26)32(36)39/h3-6,12,18,22-23,25,28-30,37H,7-11,13-17,19-21H2,1-2H3/t23-,25+,28-,29+,30+,33+,34+,35-/m1/s1. The summed E-state index contributed by atoms with van der Waals surface area (Å²) in [5.74, 6) is 2.19. The fourth-order valence-electron chi connectivity index (χ4n) is 10.6. The predicted octanol–water partition coefficient (Wildman–Crippen LogP) is 6.21. The van der Waals surface area contributed by atoms with Gasteiger partial charge in [-0.3, -0.25) is 14.5 Å². The van der Waals surface area contributed by atoms with Gasteiger partial charge in [0.15, 0.2) is 0 Å². The first-order chi connectivity index (χ1) is 20.3. The summed E-state index contributed by atoms with van der Waals surface area (Å²) >= 11 is 0. The normalized spacial score (nSPS) is 39.1. The molecule has 42 heavy (non-hydrogen) atoms. The zero-order valence-electron chi connectivity index (χ0n) is 25.1. The lowest BCUT2D eigenvalue weighted by molar-refractivity contribution is -0.184. The lowest BCUT2D eigenvalue weighted by Gasteiger charge is -2.62. The molecule has 4 fully saturated rings. The van der Waals surface area contributed by atoms with E-state index in [1.165, 1.54) is 30.6 Å². The van der Waals surface area contributed by atoms with Gasteiger partial charge in [-0.2, -0.15) is 0 Å². The third kappa shape index (κ3) is 4.10. The number of fused-ring (bicyclic) bond motifs is 6. The molecule has 0 spiro atoms. The molecule has 0 bridgehead atoms. The minimum atomic E-state index is -0.498. The van der Waals surface area contributed by atoms with Crippen LogP contribution in [0.5, 0.6) is 0 Å². The number of hydrogen-bond donors (Lipinski definition) is 1. The number of ether oxygens (including phenoxy) is 2. The van der Waals surface area contributed by atoms with Crippen LogP contribution in [0, 0.1) is 34.5 Å². The van der Waals surface area contributed by atoms with Gasteiger partial charge in [-0.25, -0.2) is 0 Å². The lowest BCUT2D eigenvalue weighted by atomic mass is 9.44. The molecule has 2 amide bonds. The van der Waals surface area contributed by atoms with Crippen molar-refractivity contribution in [2.45, 2.75) is 83.3 Å². The topological polar surface area (TPSA) is 89.2 Å². The Balaban J connectivity index is 1.10. The average molecular weight is 576 g/mol. The zero-order chi connectivity index (χ0) is 29.1. The lowest BCUT2D eigenvalue weighted by Crippen LogP contribution is -2.56. The molecule has 7 heteroatoms. The number of imide groups is 1. The maximum absolute atomic E-state index is 13.0. The van der Waals surface area contributed by atoms with Crippen LogP contribution < -0.4 is 0 Å². The van der Waals surface area contributed by atoms with Crippen molar-refractivity contribution in [3.8, 4) is 0 Å². The Hall–Kier alpha value is -2.48. The molecule has 1 aromatic carbocycles. The monoisotopic (exact) mass is 575 g/mol. The summed E-state index contributed by atoms with van der Waals surface area (Å²) in [6, 6.07) is 9.13. The molecule has 4 aliphatic carbocycles. The van der Waals surface area contributed by atoms with Crippen molar-refractivity contribution < 1.29 is 28.6 Å². The second kappa shape index (κ2) is 10.6. The van der Waals surface area contributed by atoms with Crippen molar-refractivity contribution in [1.29, 1.82) is 0 Å². The molecule has 1 aromatic heterocycles. The van der Waals surface area contributed by atoms with E-state index in [0.29, 0.717) is 53.4 Å². The molecule has 7 nitrogen and oxygen atoms in total. The largest absolute Gasteiger partial charge is 0.472 e.